The number of nitrogens with zero attached hydrogens (tertiary/aromatic N) is 24. The molecule has 0 aliphatic carbocycles. The average molecular weight is 2080 g/mol. The van der Waals surface area contributed by atoms with Gasteiger partial charge in [0.15, 0.2) is 34.9 Å². The molecule has 0 spiro atoms. The van der Waals surface area contributed by atoms with Crippen LogP contribution in [0, 0.1) is 41.5 Å². The number of aryl methyl sites for hydroxylation is 10. The molecule has 0 aliphatic heterocycles. The van der Waals surface area contributed by atoms with Crippen molar-refractivity contribution in [3.05, 3.63) is 321 Å². The third-order valence-corrected chi connectivity index (χ3v) is 21.7. The number of hydrogen-bond acceptors (Lipinski definition) is 36. The predicted molar refractivity (Wildman–Crippen MR) is 516 cm³/mol. The van der Waals surface area contributed by atoms with Crippen molar-refractivity contribution in [2.75, 3.05) is 0 Å². The first kappa shape index (κ1) is 105. The van der Waals surface area contributed by atoms with E-state index in [1.807, 2.05) is 0 Å². The van der Waals surface area contributed by atoms with Crippen LogP contribution in [0.25, 0.3) is 65.4 Å². The van der Waals surface area contributed by atoms with E-state index in [0.29, 0.717) is 102 Å². The molecule has 12 N–H and O–H groups in total. The number of phenolic OH excluding ortho intramolecular Hbond substituents is 6. The number of aromatic hydroxyl groups is 6. The summed E-state index contributed by atoms with van der Waals surface area (Å²) in [5.41, 5.74) is 6.41. The largest absolute Gasteiger partial charge is 0.507 e. The first-order valence-electron chi connectivity index (χ1n) is 42.6. The first-order valence-corrected chi connectivity index (χ1v) is 42.6. The summed E-state index contributed by atoms with van der Waals surface area (Å²) in [6.45, 7) is 9.37. The van der Waals surface area contributed by atoms with E-state index in [1.165, 1.54) is 48.5 Å². The minimum absolute atomic E-state index is 0. The van der Waals surface area contributed by atoms with Gasteiger partial charge in [-0.15, -0.1) is 61.4 Å². The zero-order chi connectivity index (χ0) is 101. The summed E-state index contributed by atoms with van der Waals surface area (Å²) in [4.78, 5) is 121. The van der Waals surface area contributed by atoms with Crippen molar-refractivity contribution >= 4 is 170 Å². The third-order valence-electron chi connectivity index (χ3n) is 21.7. The number of carbonyl (C=O) groups is 6. The molecule has 0 fully saturated rings. The molecule has 45 heteroatoms. The Hall–Kier alpha value is -18.6. The van der Waals surface area contributed by atoms with Crippen LogP contribution in [0.15, 0.2) is 293 Å². The number of fused-ring (bicyclic) bond motifs is 6. The van der Waals surface area contributed by atoms with Crippen LogP contribution >= 0.6 is 0 Å². The van der Waals surface area contributed by atoms with Gasteiger partial charge in [-0.05, 0) is 247 Å². The molecule has 0 bridgehead atoms. The molecular formula is C100H76N24Ni3O18. The second-order valence-electron chi connectivity index (χ2n) is 31.1. The maximum atomic E-state index is 11.9. The second-order valence-corrected chi connectivity index (χ2v) is 31.1. The molecule has 12 heterocycles. The maximum Gasteiger partial charge on any atom is 0.337 e. The number of hydrogen-bond donors (Lipinski definition) is 12. The fraction of sp³-hybridized carbons (Fsp3) is 0.100. The van der Waals surface area contributed by atoms with Crippen LogP contribution in [0.3, 0.4) is 0 Å². The van der Waals surface area contributed by atoms with Gasteiger partial charge < -0.3 is 61.3 Å². The number of benzene rings is 6. The Morgan fingerprint density at radius 3 is 0.566 bits per heavy atom. The van der Waals surface area contributed by atoms with Gasteiger partial charge in [-0.2, -0.15) is 0 Å². The number of phenols is 6. The zero-order valence-electron chi connectivity index (χ0n) is 76.3. The summed E-state index contributed by atoms with van der Waals surface area (Å²) in [6.07, 6.45) is 9.97. The van der Waals surface area contributed by atoms with Crippen LogP contribution < -0.4 is 0 Å². The number of rotatable bonds is 24. The Balaban J connectivity index is 0.000000180. The maximum absolute atomic E-state index is 11.9. The Morgan fingerprint density at radius 2 is 0.393 bits per heavy atom. The Bertz CT molecular complexity index is 7480. The number of azo groups is 6. The number of pyridine rings is 12. The zero-order valence-corrected chi connectivity index (χ0v) is 79.2. The molecule has 6 aromatic carbocycles. The monoisotopic (exact) mass is 2070 g/mol. The van der Waals surface area contributed by atoms with Gasteiger partial charge in [-0.3, -0.25) is 0 Å². The van der Waals surface area contributed by atoms with E-state index in [4.69, 9.17) is 10.2 Å². The normalized spacial score (nSPS) is 11.2. The number of aromatic nitrogens is 12. The molecule has 0 radical (unpaired) electrons. The first-order chi connectivity index (χ1) is 68.3. The molecule has 18 aromatic rings. The molecular weight excluding hydrogens is 2000 g/mol. The van der Waals surface area contributed by atoms with E-state index in [2.05, 4.69) is 121 Å². The Morgan fingerprint density at radius 1 is 0.221 bits per heavy atom. The van der Waals surface area contributed by atoms with Crippen molar-refractivity contribution in [2.45, 2.75) is 67.2 Å². The van der Waals surface area contributed by atoms with Gasteiger partial charge in [0.2, 0.25) is 0 Å². The molecule has 145 heavy (non-hydrogen) atoms. The van der Waals surface area contributed by atoms with Crippen LogP contribution in [0.1, 0.15) is 119 Å². The molecule has 0 aliphatic rings. The summed E-state index contributed by atoms with van der Waals surface area (Å²) >= 11 is 0. The van der Waals surface area contributed by atoms with Gasteiger partial charge >= 0.3 is 35.8 Å². The minimum atomic E-state index is -1.21. The van der Waals surface area contributed by atoms with Gasteiger partial charge in [-0.1, -0.05) is 36.4 Å². The molecule has 12 aromatic heterocycles. The van der Waals surface area contributed by atoms with E-state index in [9.17, 15) is 79.8 Å². The third kappa shape index (κ3) is 24.5. The smallest absolute Gasteiger partial charge is 0.337 e. The van der Waals surface area contributed by atoms with Gasteiger partial charge in [-0.25, -0.2) is 88.6 Å². The van der Waals surface area contributed by atoms with Gasteiger partial charge in [0, 0.05) is 119 Å². The van der Waals surface area contributed by atoms with E-state index in [-0.39, 0.29) is 232 Å². The topological polar surface area (TPSA) is 648 Å². The molecule has 0 amide bonds. The molecule has 0 atom stereocenters. The second kappa shape index (κ2) is 46.9. The molecule has 0 unspecified atom stereocenters. The van der Waals surface area contributed by atoms with E-state index in [0.717, 1.165) is 0 Å². The molecule has 0 saturated heterocycles. The van der Waals surface area contributed by atoms with Crippen LogP contribution in [0.5, 0.6) is 34.5 Å². The van der Waals surface area contributed by atoms with E-state index >= 15 is 0 Å². The Labute approximate surface area is 848 Å². The number of carboxylic acids is 6. The molecule has 18 rings (SSSR count). The van der Waals surface area contributed by atoms with Crippen molar-refractivity contribution in [3.63, 3.8) is 0 Å². The number of carboxylic acid groups (broad SMARTS) is 6. The summed E-state index contributed by atoms with van der Waals surface area (Å²) in [6, 6.07) is 51.6. The van der Waals surface area contributed by atoms with Crippen LogP contribution in [-0.4, -0.2) is 157 Å². The average Bonchev–Trinajstić information content (AvgIpc) is 0.787. The standard InChI is InChI=1S/2C34H26N8O6.2C16H12N4O3.3Ni/c2*1-17-21(33(45)46)15-23-29(37-17)25(39-41-27-7-3-5-11-35-27)13-19(31(23)43)9-10-20-14-26(40-42-28-8-4-6-12-36-28)30-24(32(20)44)16-22(34(47)48)18(2)38-30;2*1-9-10(16(22)23)8-11-13(21)6-5-12(15(11)18-9)19-20-14-4-2-3-7-17-14;;;/h2*3-8,11-16,43-44H,9-10H2,1-2H3,(H,45,46)(H,47,48);2*2-8,21H,1H3,(H,22,23);;;. The fourth-order valence-electron chi connectivity index (χ4n) is 14.6. The van der Waals surface area contributed by atoms with Crippen LogP contribution in [0.4, 0.5) is 69.0 Å². The van der Waals surface area contributed by atoms with Crippen molar-refractivity contribution in [3.8, 4) is 34.5 Å². The van der Waals surface area contributed by atoms with Crippen LogP contribution in [-0.2, 0) is 75.2 Å². The molecule has 42 nitrogen and oxygen atoms in total. The van der Waals surface area contributed by atoms with Crippen molar-refractivity contribution in [2.24, 2.45) is 61.4 Å². The summed E-state index contributed by atoms with van der Waals surface area (Å²) in [7, 11) is 0. The molecule has 734 valence electrons. The van der Waals surface area contributed by atoms with Crippen molar-refractivity contribution in [1.29, 1.82) is 0 Å². The quantitative estimate of drug-likeness (QED) is 0.0197. The summed E-state index contributed by atoms with van der Waals surface area (Å²) in [5, 5.41) is 174. The van der Waals surface area contributed by atoms with Crippen molar-refractivity contribution < 1.29 is 140 Å². The predicted octanol–water partition coefficient (Wildman–Crippen LogP) is 22.7. The van der Waals surface area contributed by atoms with Gasteiger partial charge in [0.25, 0.3) is 0 Å². The number of aromatic carboxylic acids is 6. The van der Waals surface area contributed by atoms with Gasteiger partial charge in [0.1, 0.15) is 102 Å². The Kier molecular flexibility index (Phi) is 34.0. The van der Waals surface area contributed by atoms with E-state index < -0.39 is 35.8 Å². The minimum Gasteiger partial charge on any atom is -0.507 e. The van der Waals surface area contributed by atoms with Crippen LogP contribution in [0.2, 0.25) is 0 Å². The van der Waals surface area contributed by atoms with Gasteiger partial charge in [0.05, 0.1) is 67.5 Å². The fourth-order valence-corrected chi connectivity index (χ4v) is 14.6. The summed E-state index contributed by atoms with van der Waals surface area (Å²) in [5.74, 6) is -5.80. The van der Waals surface area contributed by atoms with E-state index in [1.54, 1.807) is 224 Å². The SMILES string of the molecule is Cc1nc2c(N=Nc3ccccn3)cc(CCc3cc(N=Nc4ccccn4)c4nc(C)c(C(=O)O)cc4c3O)c(O)c2cc1C(=O)O.Cc1nc2c(N=Nc3ccccn3)cc(CCc3cc(N=Nc4ccccn4)c4nc(C)c(C(=O)O)cc4c3O)c(O)c2cc1C(=O)O.Cc1nc2c(N=Nc3ccccn3)ccc(O)c2cc1C(=O)O.Cc1nc2c(N=Nc3ccccn3)ccc(O)c2cc1C(=O)O.[Ni].[Ni].[Ni]. The molecule has 0 saturated carbocycles. The summed E-state index contributed by atoms with van der Waals surface area (Å²) < 4.78 is 0. The van der Waals surface area contributed by atoms with Crippen molar-refractivity contribution in [1.82, 2.24) is 59.8 Å².